The molecule has 6 nitrogen and oxygen atoms in total. The molecule has 138 valence electrons. The molecule has 4 aromatic rings. The van der Waals surface area contributed by atoms with Crippen LogP contribution in [0, 0.1) is 6.92 Å². The lowest BCUT2D eigenvalue weighted by Crippen LogP contribution is -2.09. The van der Waals surface area contributed by atoms with Crippen LogP contribution in [-0.4, -0.2) is 24.7 Å². The lowest BCUT2D eigenvalue weighted by molar-refractivity contribution is 0.587. The zero-order valence-electron chi connectivity index (χ0n) is 15.9. The average Bonchev–Trinajstić information content (AvgIpc) is 3.28. The van der Waals surface area contributed by atoms with Gasteiger partial charge in [0.05, 0.1) is 17.9 Å². The van der Waals surface area contributed by atoms with Crippen molar-refractivity contribution in [3.63, 3.8) is 0 Å². The number of H-pyrrole nitrogens is 1. The second kappa shape index (κ2) is 7.23. The normalized spacial score (nSPS) is 12.4. The summed E-state index contributed by atoms with van der Waals surface area (Å²) in [7, 11) is 0. The SMILES string of the molecule is CCCn1ncc(-c2ccnc(N[C@H](C)c3ccc4[nH]ccc4c3)n2)c1C. The Hall–Kier alpha value is -3.15. The maximum atomic E-state index is 4.71. The topological polar surface area (TPSA) is 71.4 Å². The van der Waals surface area contributed by atoms with Crippen molar-refractivity contribution in [3.05, 3.63) is 60.2 Å². The Bertz CT molecular complexity index is 1060. The highest BCUT2D eigenvalue weighted by Gasteiger charge is 2.12. The first kappa shape index (κ1) is 17.3. The molecule has 0 aliphatic rings. The van der Waals surface area contributed by atoms with Gasteiger partial charge in [0.2, 0.25) is 5.95 Å². The van der Waals surface area contributed by atoms with Crippen molar-refractivity contribution >= 4 is 16.9 Å². The third-order valence-corrected chi connectivity index (χ3v) is 4.89. The molecule has 0 aliphatic heterocycles. The minimum atomic E-state index is 0.100. The molecule has 4 rings (SSSR count). The van der Waals surface area contributed by atoms with Gasteiger partial charge >= 0.3 is 0 Å². The van der Waals surface area contributed by atoms with Crippen molar-refractivity contribution in [3.8, 4) is 11.3 Å². The van der Waals surface area contributed by atoms with Crippen LogP contribution in [0.1, 0.15) is 37.6 Å². The van der Waals surface area contributed by atoms with Crippen LogP contribution in [0.3, 0.4) is 0 Å². The van der Waals surface area contributed by atoms with Crippen LogP contribution in [0.5, 0.6) is 0 Å². The number of fused-ring (bicyclic) bond motifs is 1. The molecule has 6 heteroatoms. The fraction of sp³-hybridized carbons (Fsp3) is 0.286. The van der Waals surface area contributed by atoms with E-state index in [1.54, 1.807) is 6.20 Å². The van der Waals surface area contributed by atoms with Crippen LogP contribution in [-0.2, 0) is 6.54 Å². The molecule has 1 aromatic carbocycles. The smallest absolute Gasteiger partial charge is 0.223 e. The second-order valence-corrected chi connectivity index (χ2v) is 6.82. The summed E-state index contributed by atoms with van der Waals surface area (Å²) < 4.78 is 2.03. The molecule has 0 fully saturated rings. The van der Waals surface area contributed by atoms with Crippen LogP contribution in [0.15, 0.2) is 48.9 Å². The van der Waals surface area contributed by atoms with E-state index in [9.17, 15) is 0 Å². The minimum absolute atomic E-state index is 0.100. The van der Waals surface area contributed by atoms with E-state index in [1.165, 1.54) is 10.9 Å². The standard InChI is InChI=1S/C21H24N6/c1-4-11-27-15(3)18(13-24-27)20-8-10-23-21(26-20)25-14(2)16-5-6-19-17(12-16)7-9-22-19/h5-10,12-14,22H,4,11H2,1-3H3,(H,23,25,26)/t14-/m1/s1. The summed E-state index contributed by atoms with van der Waals surface area (Å²) in [5, 5.41) is 9.10. The van der Waals surface area contributed by atoms with Crippen molar-refractivity contribution in [2.24, 2.45) is 0 Å². The molecule has 0 radical (unpaired) electrons. The van der Waals surface area contributed by atoms with E-state index in [0.717, 1.165) is 35.4 Å². The number of aromatic amines is 1. The van der Waals surface area contributed by atoms with Gasteiger partial charge in [-0.15, -0.1) is 0 Å². The molecule has 1 atom stereocenters. The molecule has 0 saturated carbocycles. The Labute approximate surface area is 158 Å². The predicted molar refractivity (Wildman–Crippen MR) is 109 cm³/mol. The van der Waals surface area contributed by atoms with Gasteiger partial charge in [-0.25, -0.2) is 9.97 Å². The number of benzene rings is 1. The summed E-state index contributed by atoms with van der Waals surface area (Å²) >= 11 is 0. The third kappa shape index (κ3) is 3.43. The van der Waals surface area contributed by atoms with Gasteiger partial charge in [-0.2, -0.15) is 5.10 Å². The predicted octanol–water partition coefficient (Wildman–Crippen LogP) is 4.71. The number of hydrogen-bond donors (Lipinski definition) is 2. The van der Waals surface area contributed by atoms with Gasteiger partial charge in [0.15, 0.2) is 0 Å². The van der Waals surface area contributed by atoms with Crippen molar-refractivity contribution in [1.29, 1.82) is 0 Å². The van der Waals surface area contributed by atoms with Crippen molar-refractivity contribution < 1.29 is 0 Å². The van der Waals surface area contributed by atoms with Gasteiger partial charge in [0.1, 0.15) is 0 Å². The summed E-state index contributed by atoms with van der Waals surface area (Å²) in [6.07, 6.45) is 6.70. The monoisotopic (exact) mass is 360 g/mol. The summed E-state index contributed by atoms with van der Waals surface area (Å²) in [5.41, 5.74) is 5.41. The number of aryl methyl sites for hydroxylation is 1. The lowest BCUT2D eigenvalue weighted by Gasteiger charge is -2.15. The second-order valence-electron chi connectivity index (χ2n) is 6.82. The molecule has 0 aliphatic carbocycles. The summed E-state index contributed by atoms with van der Waals surface area (Å²) in [6.45, 7) is 7.27. The Balaban J connectivity index is 1.57. The van der Waals surface area contributed by atoms with Gasteiger partial charge in [-0.05, 0) is 55.5 Å². The fourth-order valence-electron chi connectivity index (χ4n) is 3.33. The maximum Gasteiger partial charge on any atom is 0.223 e. The van der Waals surface area contributed by atoms with E-state index in [4.69, 9.17) is 4.98 Å². The Morgan fingerprint density at radius 3 is 2.96 bits per heavy atom. The number of hydrogen-bond acceptors (Lipinski definition) is 4. The van der Waals surface area contributed by atoms with Gasteiger partial charge in [-0.1, -0.05) is 13.0 Å². The Kier molecular flexibility index (Phi) is 4.62. The highest BCUT2D eigenvalue weighted by Crippen LogP contribution is 2.24. The number of rotatable bonds is 6. The highest BCUT2D eigenvalue weighted by molar-refractivity contribution is 5.80. The molecule has 2 N–H and O–H groups in total. The zero-order valence-corrected chi connectivity index (χ0v) is 15.9. The van der Waals surface area contributed by atoms with Crippen LogP contribution in [0.4, 0.5) is 5.95 Å². The number of aromatic nitrogens is 5. The number of nitrogens with one attached hydrogen (secondary N) is 2. The van der Waals surface area contributed by atoms with Crippen LogP contribution in [0.25, 0.3) is 22.2 Å². The van der Waals surface area contributed by atoms with E-state index in [1.807, 2.05) is 23.1 Å². The number of nitrogens with zero attached hydrogens (tertiary/aromatic N) is 4. The van der Waals surface area contributed by atoms with E-state index in [-0.39, 0.29) is 6.04 Å². The summed E-state index contributed by atoms with van der Waals surface area (Å²) in [4.78, 5) is 12.3. The first-order valence-electron chi connectivity index (χ1n) is 9.35. The van der Waals surface area contributed by atoms with Crippen LogP contribution in [0.2, 0.25) is 0 Å². The first-order chi connectivity index (χ1) is 13.2. The quantitative estimate of drug-likeness (QED) is 0.522. The summed E-state index contributed by atoms with van der Waals surface area (Å²) in [6, 6.07) is 10.5. The van der Waals surface area contributed by atoms with E-state index >= 15 is 0 Å². The van der Waals surface area contributed by atoms with Gasteiger partial charge in [0.25, 0.3) is 0 Å². The Morgan fingerprint density at radius 1 is 1.22 bits per heavy atom. The molecule has 3 aromatic heterocycles. The molecular formula is C21H24N6. The molecular weight excluding hydrogens is 336 g/mol. The maximum absolute atomic E-state index is 4.71. The van der Waals surface area contributed by atoms with Crippen LogP contribution < -0.4 is 5.32 Å². The molecule has 0 unspecified atom stereocenters. The number of anilines is 1. The van der Waals surface area contributed by atoms with Gasteiger partial charge in [0, 0.05) is 35.7 Å². The largest absolute Gasteiger partial charge is 0.361 e. The molecule has 27 heavy (non-hydrogen) atoms. The van der Waals surface area contributed by atoms with E-state index < -0.39 is 0 Å². The van der Waals surface area contributed by atoms with E-state index in [2.05, 4.69) is 65.4 Å². The van der Waals surface area contributed by atoms with Crippen molar-refractivity contribution in [2.75, 3.05) is 5.32 Å². The van der Waals surface area contributed by atoms with Crippen molar-refractivity contribution in [2.45, 2.75) is 39.8 Å². The molecule has 3 heterocycles. The third-order valence-electron chi connectivity index (χ3n) is 4.89. The molecule has 0 spiro atoms. The van der Waals surface area contributed by atoms with Gasteiger partial charge < -0.3 is 10.3 Å². The lowest BCUT2D eigenvalue weighted by atomic mass is 10.1. The fourth-order valence-corrected chi connectivity index (χ4v) is 3.33. The molecule has 0 amide bonds. The van der Waals surface area contributed by atoms with Crippen molar-refractivity contribution in [1.82, 2.24) is 24.7 Å². The Morgan fingerprint density at radius 2 is 2.11 bits per heavy atom. The molecule has 0 bridgehead atoms. The average molecular weight is 360 g/mol. The zero-order chi connectivity index (χ0) is 18.8. The van der Waals surface area contributed by atoms with Gasteiger partial charge in [-0.3, -0.25) is 4.68 Å². The first-order valence-corrected chi connectivity index (χ1v) is 9.35. The van der Waals surface area contributed by atoms with Crippen LogP contribution >= 0.6 is 0 Å². The summed E-state index contributed by atoms with van der Waals surface area (Å²) in [5.74, 6) is 0.622. The molecule has 0 saturated heterocycles. The minimum Gasteiger partial charge on any atom is -0.361 e. The highest BCUT2D eigenvalue weighted by atomic mass is 15.3. The van der Waals surface area contributed by atoms with E-state index in [0.29, 0.717) is 5.95 Å².